The second-order valence-electron chi connectivity index (χ2n) is 6.79. The topological polar surface area (TPSA) is 124 Å². The van der Waals surface area contributed by atoms with Crippen molar-refractivity contribution in [1.29, 1.82) is 0 Å². The highest BCUT2D eigenvalue weighted by Gasteiger charge is 2.33. The number of unbranched alkanes of at least 4 members (excludes halogenated alkanes) is 1. The quantitative estimate of drug-likeness (QED) is 0.228. The summed E-state index contributed by atoms with van der Waals surface area (Å²) in [6.07, 6.45) is 7.39. The van der Waals surface area contributed by atoms with E-state index in [1.54, 1.807) is 24.3 Å². The van der Waals surface area contributed by atoms with Crippen molar-refractivity contribution in [2.45, 2.75) is 12.8 Å². The summed E-state index contributed by atoms with van der Waals surface area (Å²) in [4.78, 5) is 26.4. The molecule has 9 nitrogen and oxygen atoms in total. The summed E-state index contributed by atoms with van der Waals surface area (Å²) in [6, 6.07) is 7.41. The van der Waals surface area contributed by atoms with Crippen LogP contribution in [-0.2, 0) is 19.7 Å². The van der Waals surface area contributed by atoms with Gasteiger partial charge in [0.25, 0.3) is 16.0 Å². The van der Waals surface area contributed by atoms with Crippen LogP contribution in [0.3, 0.4) is 0 Å². The fourth-order valence-corrected chi connectivity index (χ4v) is 4.80. The summed E-state index contributed by atoms with van der Waals surface area (Å²) in [5, 5.41) is 8.88. The number of allylic oxidation sites excluding steroid dienone is 4. The molecule has 3 rings (SSSR count). The van der Waals surface area contributed by atoms with Crippen molar-refractivity contribution < 1.29 is 32.4 Å². The smallest absolute Gasteiger partial charge is 0.323 e. The minimum Gasteiger partial charge on any atom is -0.480 e. The maximum atomic E-state index is 12.3. The van der Waals surface area contributed by atoms with Crippen molar-refractivity contribution in [3.63, 3.8) is 0 Å². The summed E-state index contributed by atoms with van der Waals surface area (Å²) in [5.41, 5.74) is 0.841. The largest absolute Gasteiger partial charge is 0.480 e. The van der Waals surface area contributed by atoms with Crippen molar-refractivity contribution >= 4 is 56.0 Å². The Labute approximate surface area is 194 Å². The van der Waals surface area contributed by atoms with E-state index in [-0.39, 0.29) is 10.1 Å². The van der Waals surface area contributed by atoms with Gasteiger partial charge in [0.05, 0.1) is 16.3 Å². The Morgan fingerprint density at radius 2 is 1.88 bits per heavy atom. The summed E-state index contributed by atoms with van der Waals surface area (Å²) in [6.45, 7) is 0.00840. The second-order valence-corrected chi connectivity index (χ2v) is 10.0. The van der Waals surface area contributed by atoms with Crippen LogP contribution in [0.2, 0.25) is 0 Å². The molecule has 0 bridgehead atoms. The van der Waals surface area contributed by atoms with E-state index < -0.39 is 28.5 Å². The van der Waals surface area contributed by atoms with Gasteiger partial charge in [0, 0.05) is 6.54 Å². The number of benzene rings is 1. The van der Waals surface area contributed by atoms with Crippen LogP contribution in [0.25, 0.3) is 0 Å². The van der Waals surface area contributed by atoms with E-state index in [4.69, 9.17) is 26.6 Å². The molecule has 2 heterocycles. The molecule has 0 aliphatic carbocycles. The van der Waals surface area contributed by atoms with Gasteiger partial charge in [-0.05, 0) is 37.1 Å². The van der Waals surface area contributed by atoms with Crippen molar-refractivity contribution in [1.82, 2.24) is 4.90 Å². The molecule has 2 aliphatic heterocycles. The number of carboxylic acid groups (broad SMARTS) is 1. The highest BCUT2D eigenvalue weighted by atomic mass is 32.2. The fraction of sp³-hybridized carbons (Fsp3) is 0.250. The molecular formula is C20H20N2O7S3. The number of amides is 1. The summed E-state index contributed by atoms with van der Waals surface area (Å²) < 4.78 is 36.8. The monoisotopic (exact) mass is 496 g/mol. The number of hydrogen-bond acceptors (Lipinski definition) is 8. The molecule has 0 atom stereocenters. The number of anilines is 1. The van der Waals surface area contributed by atoms with Gasteiger partial charge in [-0.3, -0.25) is 19.0 Å². The number of ether oxygens (including phenoxy) is 1. The SMILES string of the molecule is O=C(O)CN1C(=O)\C(=C/C=C/C=C2\Oc3ccccc3N2CCCCS(=O)(=O)O)SC1=S. The number of carbonyl (C=O) groups excluding carboxylic acids is 1. The van der Waals surface area contributed by atoms with Gasteiger partial charge in [0.2, 0.25) is 5.88 Å². The van der Waals surface area contributed by atoms with E-state index in [9.17, 15) is 18.0 Å². The Morgan fingerprint density at radius 1 is 1.16 bits per heavy atom. The van der Waals surface area contributed by atoms with Gasteiger partial charge in [-0.15, -0.1) is 0 Å². The normalized spacial score (nSPS) is 18.8. The highest BCUT2D eigenvalue weighted by Crippen LogP contribution is 2.38. The molecule has 0 saturated carbocycles. The lowest BCUT2D eigenvalue weighted by Crippen LogP contribution is -2.33. The summed E-state index contributed by atoms with van der Waals surface area (Å²) in [5.74, 6) is -0.706. The molecule has 170 valence electrons. The van der Waals surface area contributed by atoms with E-state index >= 15 is 0 Å². The molecule has 0 spiro atoms. The van der Waals surface area contributed by atoms with Gasteiger partial charge in [-0.1, -0.05) is 48.3 Å². The zero-order valence-electron chi connectivity index (χ0n) is 16.7. The third-order valence-corrected chi connectivity index (χ3v) is 6.64. The lowest BCUT2D eigenvalue weighted by Gasteiger charge is -2.17. The molecular weight excluding hydrogens is 476 g/mol. The predicted molar refractivity (Wildman–Crippen MR) is 125 cm³/mol. The Hall–Kier alpha value is -2.67. The highest BCUT2D eigenvalue weighted by molar-refractivity contribution is 8.26. The van der Waals surface area contributed by atoms with Crippen LogP contribution in [-0.4, -0.2) is 58.0 Å². The van der Waals surface area contributed by atoms with Crippen LogP contribution in [0.15, 0.2) is 59.4 Å². The van der Waals surface area contributed by atoms with Crippen LogP contribution in [0.1, 0.15) is 12.8 Å². The summed E-state index contributed by atoms with van der Waals surface area (Å²) in [7, 11) is -4.00. The number of para-hydroxylation sites is 2. The molecule has 1 aromatic rings. The van der Waals surface area contributed by atoms with E-state index in [1.807, 2.05) is 29.2 Å². The molecule has 1 aromatic carbocycles. The van der Waals surface area contributed by atoms with E-state index in [0.717, 1.165) is 22.3 Å². The van der Waals surface area contributed by atoms with Crippen LogP contribution in [0.5, 0.6) is 5.75 Å². The molecule has 1 amide bonds. The number of nitrogens with zero attached hydrogens (tertiary/aromatic N) is 2. The minimum absolute atomic E-state index is 0.195. The zero-order valence-corrected chi connectivity index (χ0v) is 19.2. The van der Waals surface area contributed by atoms with Crippen LogP contribution < -0.4 is 9.64 Å². The van der Waals surface area contributed by atoms with Gasteiger partial charge in [0.15, 0.2) is 5.75 Å². The number of thiocarbonyl (C=S) groups is 1. The van der Waals surface area contributed by atoms with Crippen molar-refractivity contribution in [3.05, 3.63) is 59.4 Å². The molecule has 1 fully saturated rings. The third-order valence-electron chi connectivity index (χ3n) is 4.44. The molecule has 0 unspecified atom stereocenters. The predicted octanol–water partition coefficient (Wildman–Crippen LogP) is 2.78. The number of hydrogen-bond donors (Lipinski definition) is 2. The Bertz CT molecular complexity index is 1130. The lowest BCUT2D eigenvalue weighted by molar-refractivity contribution is -0.140. The molecule has 2 N–H and O–H groups in total. The molecule has 32 heavy (non-hydrogen) atoms. The van der Waals surface area contributed by atoms with Gasteiger partial charge < -0.3 is 14.7 Å². The van der Waals surface area contributed by atoms with E-state index in [0.29, 0.717) is 35.9 Å². The number of carboxylic acids is 1. The first-order valence-electron chi connectivity index (χ1n) is 9.49. The number of carbonyl (C=O) groups is 2. The molecule has 12 heteroatoms. The van der Waals surface area contributed by atoms with Gasteiger partial charge in [-0.25, -0.2) is 0 Å². The van der Waals surface area contributed by atoms with E-state index in [2.05, 4.69) is 0 Å². The summed E-state index contributed by atoms with van der Waals surface area (Å²) >= 11 is 6.09. The zero-order chi connectivity index (χ0) is 23.3. The van der Waals surface area contributed by atoms with Crippen LogP contribution in [0.4, 0.5) is 5.69 Å². The Kier molecular flexibility index (Phi) is 7.72. The average Bonchev–Trinajstić information content (AvgIpc) is 3.19. The lowest BCUT2D eigenvalue weighted by atomic mass is 10.2. The maximum absolute atomic E-state index is 12.3. The van der Waals surface area contributed by atoms with Gasteiger partial charge in [0.1, 0.15) is 10.9 Å². The molecule has 2 aliphatic rings. The second kappa shape index (κ2) is 10.3. The third kappa shape index (κ3) is 6.19. The van der Waals surface area contributed by atoms with Gasteiger partial charge in [-0.2, -0.15) is 8.42 Å². The number of rotatable bonds is 9. The first kappa shape index (κ1) is 24.0. The Morgan fingerprint density at radius 3 is 2.59 bits per heavy atom. The minimum atomic E-state index is -4.00. The standard InChI is InChI=1S/C20H20N2O7S3/c23-18(24)13-22-19(25)16(31-20(22)30)9-3-4-10-17-21(11-5-6-12-32(26,27)28)14-7-1-2-8-15(14)29-17/h1-4,7-10H,5-6,11-13H2,(H,23,24)(H,26,27,28)/b4-3+,16-9+,17-10-. The Balaban J connectivity index is 1.68. The number of fused-ring (bicyclic) bond motifs is 1. The van der Waals surface area contributed by atoms with Crippen LogP contribution in [0, 0.1) is 0 Å². The average molecular weight is 497 g/mol. The number of thioether (sulfide) groups is 1. The van der Waals surface area contributed by atoms with Crippen molar-refractivity contribution in [2.24, 2.45) is 0 Å². The molecule has 1 saturated heterocycles. The van der Waals surface area contributed by atoms with Crippen molar-refractivity contribution in [3.8, 4) is 5.75 Å². The fourth-order valence-electron chi connectivity index (χ4n) is 3.03. The maximum Gasteiger partial charge on any atom is 0.323 e. The molecule has 0 radical (unpaired) electrons. The first-order valence-corrected chi connectivity index (χ1v) is 12.3. The van der Waals surface area contributed by atoms with Crippen LogP contribution >= 0.6 is 24.0 Å². The van der Waals surface area contributed by atoms with Crippen molar-refractivity contribution in [2.75, 3.05) is 23.7 Å². The first-order chi connectivity index (χ1) is 15.2. The molecule has 0 aromatic heterocycles. The van der Waals surface area contributed by atoms with E-state index in [1.165, 1.54) is 0 Å². The van der Waals surface area contributed by atoms with Gasteiger partial charge >= 0.3 is 5.97 Å². The number of aliphatic carboxylic acids is 1.